The van der Waals surface area contributed by atoms with Crippen molar-refractivity contribution in [1.29, 1.82) is 0 Å². The molecule has 1 heterocycles. The number of methoxy groups -OCH3 is 7. The van der Waals surface area contributed by atoms with Gasteiger partial charge in [-0.3, -0.25) is 23.9 Å². The number of allylic oxidation sites excluding steroid dienone is 1. The van der Waals surface area contributed by atoms with Gasteiger partial charge < -0.3 is 92.6 Å². The van der Waals surface area contributed by atoms with Crippen LogP contribution < -0.4 is 58.7 Å². The number of carbonyl (C=O) groups excluding carboxylic acids is 4. The lowest BCUT2D eigenvalue weighted by Gasteiger charge is -2.18. The van der Waals surface area contributed by atoms with Crippen molar-refractivity contribution in [1.82, 2.24) is 14.9 Å². The fourth-order valence-electron chi connectivity index (χ4n) is 10.8. The minimum absolute atomic E-state index is 0.0325. The summed E-state index contributed by atoms with van der Waals surface area (Å²) in [5.74, 6) is 7.72. The molecule has 0 amide bonds. The molecule has 0 radical (unpaired) electrons. The monoisotopic (exact) mass is 1870 g/mol. The van der Waals surface area contributed by atoms with Gasteiger partial charge in [-0.1, -0.05) is 84.0 Å². The summed E-state index contributed by atoms with van der Waals surface area (Å²) in [6, 6.07) is 26.7. The van der Waals surface area contributed by atoms with Crippen molar-refractivity contribution in [2.45, 2.75) is 162 Å². The molecule has 0 saturated carbocycles. The van der Waals surface area contributed by atoms with Gasteiger partial charge in [0, 0.05) is 68.3 Å². The average Bonchev–Trinajstić information content (AvgIpc) is 0.839. The highest BCUT2D eigenvalue weighted by Gasteiger charge is 2.22. The van der Waals surface area contributed by atoms with E-state index in [9.17, 15) is 43.9 Å². The number of hydrogen-bond acceptors (Lipinski definition) is 26. The van der Waals surface area contributed by atoms with Crippen molar-refractivity contribution in [2.24, 2.45) is 0 Å². The van der Waals surface area contributed by atoms with Crippen molar-refractivity contribution in [2.75, 3.05) is 101 Å². The van der Waals surface area contributed by atoms with Crippen LogP contribution in [-0.2, 0) is 33.2 Å². The van der Waals surface area contributed by atoms with Crippen LogP contribution in [0.25, 0.3) is 5.57 Å². The number of aryl methyl sites for hydroxylation is 7. The van der Waals surface area contributed by atoms with E-state index in [1.807, 2.05) is 118 Å². The molecule has 8 aromatic rings. The minimum atomic E-state index is -3.22. The SMILES string of the molecule is C=C(C)c1cc(C)c(OC)cc1O.CCOC(=O)/C(=C\N(C)C)Oc1cc(OC)c(C)cc1C(C)C.CCOC(=O)CBr.CCOC(=O)COc1cc(OC)c(C)cc1C(C)C.COc1cc(O)c(C(C)=O)cc1C.COc1cc(O)c(C(C)C)cc1C.COc1cc(O)ccc1C.COc1cc(Oc2cnc(N)[nH]c2=O)c(C(C)C)cc1C.O=P(Cl)(Cl)Cl. The van der Waals surface area contributed by atoms with Gasteiger partial charge >= 0.3 is 23.1 Å². The molecule has 0 bridgehead atoms. The first kappa shape index (κ1) is 113. The number of aromatic nitrogens is 2. The fraction of sp³-hybridized carbons (Fsp3) is 0.413. The van der Waals surface area contributed by atoms with Gasteiger partial charge in [-0.25, -0.2) is 14.6 Å². The van der Waals surface area contributed by atoms with Gasteiger partial charge in [0.25, 0.3) is 5.56 Å². The van der Waals surface area contributed by atoms with E-state index in [1.165, 1.54) is 26.3 Å². The van der Waals surface area contributed by atoms with E-state index in [0.29, 0.717) is 82.8 Å². The van der Waals surface area contributed by atoms with E-state index in [1.54, 1.807) is 111 Å². The molecule has 0 spiro atoms. The molecule has 0 saturated heterocycles. The molecular weight excluding hydrogens is 1750 g/mol. The number of Topliss-reactive ketones (excluding diaryl/α,β-unsaturated/α-hetero) is 1. The molecule has 27 nitrogen and oxygen atoms in total. The Hall–Kier alpha value is -10.6. The summed E-state index contributed by atoms with van der Waals surface area (Å²) in [6.45, 7) is 43.5. The second-order valence-corrected chi connectivity index (χ2v) is 35.7. The molecular formula is C92H127BrCl3N4O23P. The number of alkyl halides is 1. The van der Waals surface area contributed by atoms with Gasteiger partial charge in [-0.05, 0) is 250 Å². The third-order valence-electron chi connectivity index (χ3n) is 17.0. The highest BCUT2D eigenvalue weighted by Crippen LogP contribution is 2.61. The van der Waals surface area contributed by atoms with Crippen LogP contribution in [0.1, 0.15) is 191 Å². The molecule has 8 rings (SSSR count). The number of ether oxygens (including phenoxy) is 13. The van der Waals surface area contributed by atoms with Gasteiger partial charge in [0.2, 0.25) is 11.5 Å². The number of anilines is 1. The van der Waals surface area contributed by atoms with E-state index < -0.39 is 16.7 Å². The molecule has 686 valence electrons. The number of benzene rings is 7. The van der Waals surface area contributed by atoms with Crippen LogP contribution in [0.4, 0.5) is 5.95 Å². The van der Waals surface area contributed by atoms with Crippen molar-refractivity contribution in [3.8, 4) is 86.2 Å². The Morgan fingerprint density at radius 3 is 1.23 bits per heavy atom. The normalized spacial score (nSPS) is 10.4. The number of phenolic OH excluding ortho intramolecular Hbond substituents is 4. The quantitative estimate of drug-likeness (QED) is 0.00558. The minimum Gasteiger partial charge on any atom is -0.508 e. The Balaban J connectivity index is 0.00000141. The standard InChI is InChI=1S/C18H27NO4.C15H19N3O3.C15H22O4.C11H16O2.C11H14O2.C10H12O3.C8H10O2.C4H7BrO2.Cl3OP/c1-8-22-18(20)17(11-19(5)6)23-16-10-15(21-7)13(4)9-14(16)12(2)3;1-8(2)10-5-9(3)11(20-4)6-12(10)21-13-7-17-15(16)18-14(13)19;1-6-18-15(16)9-19-14-8-13(17-5)11(4)7-12(14)10(2)3;2*1-7(2)9-5-8(3)11(13-4)6-10(9)12;1-6-4-8(7(2)11)9(12)5-10(6)13-3;1-6-3-4-7(9)5-8(6)10-2;1-2-7-4(6)3-5;1-5(2,3)4/h9-12H,8H2,1-7H3;5-8H,1-4H3,(H3,16,17,18,19);7-8,10H,6,9H2,1-5H3;5-7,12H,1-4H3;5-6,12H,1H2,2-4H3;4-5,12H,1-3H3;3-5,9H,1-2H3;2-3H2,1H3;/b17-11+;;;;;;;;. The zero-order valence-corrected chi connectivity index (χ0v) is 81.6. The fourth-order valence-corrected chi connectivity index (χ4v) is 11.0. The molecule has 1 aromatic heterocycles. The Morgan fingerprint density at radius 1 is 0.500 bits per heavy atom. The maximum Gasteiger partial charge on any atom is 0.375 e. The Bertz CT molecular complexity index is 4810. The van der Waals surface area contributed by atoms with E-state index in [2.05, 4.69) is 126 Å². The second kappa shape index (κ2) is 57.7. The first-order chi connectivity index (χ1) is 57.9. The van der Waals surface area contributed by atoms with Crippen LogP contribution in [0, 0.1) is 48.5 Å². The topological polar surface area (TPSA) is 361 Å². The summed E-state index contributed by atoms with van der Waals surface area (Å²) >= 11 is 16.8. The summed E-state index contributed by atoms with van der Waals surface area (Å²) < 4.78 is 77.2. The maximum absolute atomic E-state index is 12.1. The summed E-state index contributed by atoms with van der Waals surface area (Å²) in [7, 11) is 14.8. The summed E-state index contributed by atoms with van der Waals surface area (Å²) in [5.41, 5.74) is 18.0. The summed E-state index contributed by atoms with van der Waals surface area (Å²) in [4.78, 5) is 64.4. The van der Waals surface area contributed by atoms with Gasteiger partial charge in [-0.15, -0.1) is 0 Å². The number of nitrogen functional groups attached to an aromatic ring is 1. The molecule has 32 heteroatoms. The smallest absolute Gasteiger partial charge is 0.375 e. The molecule has 7 aromatic carbocycles. The van der Waals surface area contributed by atoms with Gasteiger partial charge in [0.05, 0.1) is 81.3 Å². The Morgan fingerprint density at radius 2 is 0.855 bits per heavy atom. The van der Waals surface area contributed by atoms with Gasteiger partial charge in [0.15, 0.2) is 18.3 Å². The number of nitrogens with zero attached hydrogens (tertiary/aromatic N) is 2. The van der Waals surface area contributed by atoms with E-state index in [0.717, 1.165) is 95.3 Å². The van der Waals surface area contributed by atoms with Crippen LogP contribution in [0.3, 0.4) is 0 Å². The van der Waals surface area contributed by atoms with Crippen molar-refractivity contribution in [3.63, 3.8) is 0 Å². The number of esters is 3. The molecule has 0 aliphatic carbocycles. The molecule has 0 fully saturated rings. The average molecular weight is 1870 g/mol. The number of nitrogens with one attached hydrogen (secondary N) is 1. The van der Waals surface area contributed by atoms with Crippen LogP contribution >= 0.6 is 54.9 Å². The number of rotatable bonds is 26. The molecule has 0 aliphatic heterocycles. The largest absolute Gasteiger partial charge is 0.508 e. The number of hydrogen-bond donors (Lipinski definition) is 6. The third kappa shape index (κ3) is 41.2. The molecule has 0 atom stereocenters. The molecule has 0 unspecified atom stereocenters. The highest BCUT2D eigenvalue weighted by atomic mass is 79.9. The number of halogens is 4. The van der Waals surface area contributed by atoms with Gasteiger partial charge in [-0.2, -0.15) is 0 Å². The number of carbonyl (C=O) groups is 4. The van der Waals surface area contributed by atoms with Crippen LogP contribution in [0.2, 0.25) is 0 Å². The predicted octanol–water partition coefficient (Wildman–Crippen LogP) is 22.1. The van der Waals surface area contributed by atoms with Gasteiger partial charge in [0.1, 0.15) is 85.8 Å². The Labute approximate surface area is 754 Å². The zero-order valence-electron chi connectivity index (χ0n) is 76.8. The van der Waals surface area contributed by atoms with Crippen LogP contribution in [0.5, 0.6) is 86.2 Å². The summed E-state index contributed by atoms with van der Waals surface area (Å²) in [6.07, 6.45) is 2.92. The van der Waals surface area contributed by atoms with E-state index >= 15 is 0 Å². The lowest BCUT2D eigenvalue weighted by molar-refractivity contribution is -0.145. The van der Waals surface area contributed by atoms with Crippen LogP contribution in [0.15, 0.2) is 121 Å². The first-order valence-electron chi connectivity index (χ1n) is 39.1. The third-order valence-corrected chi connectivity index (χ3v) is 17.5. The van der Waals surface area contributed by atoms with Crippen molar-refractivity contribution in [3.05, 3.63) is 198 Å². The maximum atomic E-state index is 12.1. The number of phenols is 4. The second-order valence-electron chi connectivity index (χ2n) is 28.5. The first-order valence-corrected chi connectivity index (χ1v) is 44.6. The predicted molar refractivity (Wildman–Crippen MR) is 498 cm³/mol. The Kier molecular flexibility index (Phi) is 52.8. The summed E-state index contributed by atoms with van der Waals surface area (Å²) in [5, 5.41) is 34.7. The lowest BCUT2D eigenvalue weighted by atomic mass is 9.99. The number of aromatic hydroxyl groups is 4. The van der Waals surface area contributed by atoms with E-state index in [4.69, 9.17) is 67.7 Å². The van der Waals surface area contributed by atoms with Crippen molar-refractivity contribution >= 4 is 90.1 Å². The molecule has 0 aliphatic rings. The number of H-pyrrole nitrogens is 1. The highest BCUT2D eigenvalue weighted by molar-refractivity contribution is 9.09. The van der Waals surface area contributed by atoms with Crippen molar-refractivity contribution < 1.29 is 106 Å². The number of nitrogens with two attached hydrogens (primary N) is 1. The van der Waals surface area contributed by atoms with E-state index in [-0.39, 0.29) is 70.9 Å². The molecule has 7 N–H and O–H groups in total. The van der Waals surface area contributed by atoms with Crippen LogP contribution in [-0.4, -0.2) is 155 Å². The zero-order chi connectivity index (χ0) is 95.3. The lowest BCUT2D eigenvalue weighted by Crippen LogP contribution is -2.17. The molecule has 124 heavy (non-hydrogen) atoms. The number of aromatic amines is 1. The number of ketones is 1.